The Hall–Kier alpha value is -1.83. The standard InChI is InChI=1S/C23H35NO/c1-8-25-20(6)23(24-7)16-19(5)11-14-22-15-18(4)10-13-21(22)12-9-17(2)3/h10,13,15-17H,6,8-9,11-12,14H2,1-5,7H3/b19-16-,24-23?. The first kappa shape index (κ1) is 21.2. The van der Waals surface area contributed by atoms with Crippen LogP contribution in [0.5, 0.6) is 0 Å². The van der Waals surface area contributed by atoms with E-state index in [-0.39, 0.29) is 0 Å². The van der Waals surface area contributed by atoms with Gasteiger partial charge in [-0.3, -0.25) is 4.99 Å². The molecule has 0 bridgehead atoms. The summed E-state index contributed by atoms with van der Waals surface area (Å²) in [6.45, 7) is 15.5. The van der Waals surface area contributed by atoms with Crippen molar-refractivity contribution in [2.45, 2.75) is 60.3 Å². The second-order valence-electron chi connectivity index (χ2n) is 7.16. The van der Waals surface area contributed by atoms with Crippen LogP contribution in [0, 0.1) is 12.8 Å². The van der Waals surface area contributed by atoms with Crippen molar-refractivity contribution in [1.82, 2.24) is 0 Å². The Morgan fingerprint density at radius 2 is 1.96 bits per heavy atom. The van der Waals surface area contributed by atoms with E-state index in [1.807, 2.05) is 6.92 Å². The summed E-state index contributed by atoms with van der Waals surface area (Å²) in [4.78, 5) is 4.30. The Morgan fingerprint density at radius 1 is 1.24 bits per heavy atom. The molecule has 0 unspecified atom stereocenters. The number of ether oxygens (including phenoxy) is 1. The highest BCUT2D eigenvalue weighted by atomic mass is 16.5. The second-order valence-corrected chi connectivity index (χ2v) is 7.16. The van der Waals surface area contributed by atoms with E-state index < -0.39 is 0 Å². The molecule has 1 rings (SSSR count). The van der Waals surface area contributed by atoms with Gasteiger partial charge in [0.2, 0.25) is 0 Å². The molecule has 0 spiro atoms. The van der Waals surface area contributed by atoms with E-state index in [2.05, 4.69) is 63.5 Å². The molecule has 1 aromatic rings. The molecule has 0 radical (unpaired) electrons. The highest BCUT2D eigenvalue weighted by Crippen LogP contribution is 2.19. The van der Waals surface area contributed by atoms with Gasteiger partial charge in [-0.2, -0.15) is 0 Å². The first-order valence-corrected chi connectivity index (χ1v) is 9.41. The van der Waals surface area contributed by atoms with Crippen molar-refractivity contribution in [3.05, 3.63) is 58.9 Å². The van der Waals surface area contributed by atoms with Crippen LogP contribution in [0.3, 0.4) is 0 Å². The van der Waals surface area contributed by atoms with Crippen LogP contribution in [-0.2, 0) is 17.6 Å². The normalized spacial score (nSPS) is 12.6. The molecule has 0 aliphatic carbocycles. The number of benzene rings is 1. The summed E-state index contributed by atoms with van der Waals surface area (Å²) in [5.74, 6) is 1.39. The number of nitrogens with zero attached hydrogens (tertiary/aromatic N) is 1. The van der Waals surface area contributed by atoms with Crippen molar-refractivity contribution >= 4 is 5.71 Å². The van der Waals surface area contributed by atoms with Gasteiger partial charge in [0.05, 0.1) is 12.3 Å². The quantitative estimate of drug-likeness (QED) is 0.373. The maximum absolute atomic E-state index is 5.48. The monoisotopic (exact) mass is 341 g/mol. The lowest BCUT2D eigenvalue weighted by molar-refractivity contribution is 0.251. The van der Waals surface area contributed by atoms with Gasteiger partial charge in [0.15, 0.2) is 0 Å². The Labute approximate surface area is 154 Å². The van der Waals surface area contributed by atoms with Gasteiger partial charge in [0, 0.05) is 7.05 Å². The summed E-state index contributed by atoms with van der Waals surface area (Å²) >= 11 is 0. The zero-order chi connectivity index (χ0) is 18.8. The zero-order valence-corrected chi connectivity index (χ0v) is 17.0. The van der Waals surface area contributed by atoms with Gasteiger partial charge in [0.25, 0.3) is 0 Å². The van der Waals surface area contributed by atoms with E-state index in [1.54, 1.807) is 7.05 Å². The molecule has 2 heteroatoms. The van der Waals surface area contributed by atoms with E-state index in [1.165, 1.54) is 35.1 Å². The molecule has 0 amide bonds. The second kappa shape index (κ2) is 10.9. The van der Waals surface area contributed by atoms with Crippen molar-refractivity contribution in [2.24, 2.45) is 10.9 Å². The van der Waals surface area contributed by atoms with Crippen LogP contribution in [0.4, 0.5) is 0 Å². The molecule has 0 heterocycles. The third-order valence-electron chi connectivity index (χ3n) is 4.37. The minimum atomic E-state index is 0.618. The lowest BCUT2D eigenvalue weighted by Crippen LogP contribution is -2.04. The summed E-state index contributed by atoms with van der Waals surface area (Å²) in [6, 6.07) is 6.88. The molecule has 0 N–H and O–H groups in total. The maximum atomic E-state index is 5.48. The highest BCUT2D eigenvalue weighted by molar-refractivity contribution is 6.06. The maximum Gasteiger partial charge on any atom is 0.137 e. The summed E-state index contributed by atoms with van der Waals surface area (Å²) in [6.07, 6.45) is 6.60. The topological polar surface area (TPSA) is 21.6 Å². The third kappa shape index (κ3) is 7.72. The van der Waals surface area contributed by atoms with Crippen LogP contribution in [0.2, 0.25) is 0 Å². The molecule has 0 saturated heterocycles. The molecule has 138 valence electrons. The average Bonchev–Trinajstić information content (AvgIpc) is 2.56. The molecule has 0 fully saturated rings. The fourth-order valence-electron chi connectivity index (χ4n) is 2.83. The summed E-state index contributed by atoms with van der Waals surface area (Å²) in [7, 11) is 1.79. The van der Waals surface area contributed by atoms with Gasteiger partial charge in [-0.25, -0.2) is 0 Å². The van der Waals surface area contributed by atoms with Gasteiger partial charge in [0.1, 0.15) is 5.76 Å². The molecule has 25 heavy (non-hydrogen) atoms. The van der Waals surface area contributed by atoms with Crippen LogP contribution in [0.15, 0.2) is 47.2 Å². The minimum Gasteiger partial charge on any atom is -0.492 e. The fraction of sp³-hybridized carbons (Fsp3) is 0.522. The molecule has 1 aromatic carbocycles. The Balaban J connectivity index is 2.80. The van der Waals surface area contributed by atoms with Crippen LogP contribution >= 0.6 is 0 Å². The molecule has 0 atom stereocenters. The van der Waals surface area contributed by atoms with Crippen LogP contribution in [0.25, 0.3) is 0 Å². The third-order valence-corrected chi connectivity index (χ3v) is 4.37. The zero-order valence-electron chi connectivity index (χ0n) is 17.0. The summed E-state index contributed by atoms with van der Waals surface area (Å²) < 4.78 is 5.48. The lowest BCUT2D eigenvalue weighted by Gasteiger charge is -2.13. The molecular weight excluding hydrogens is 306 g/mol. The van der Waals surface area contributed by atoms with Gasteiger partial charge in [-0.1, -0.05) is 49.8 Å². The van der Waals surface area contributed by atoms with E-state index in [4.69, 9.17) is 4.74 Å². The SMILES string of the molecule is C=C(OCC)C(/C=C(/C)CCc1cc(C)ccc1CCC(C)C)=NC. The predicted molar refractivity (Wildman–Crippen MR) is 111 cm³/mol. The minimum absolute atomic E-state index is 0.618. The molecular formula is C23H35NO. The molecule has 0 aliphatic rings. The van der Waals surface area contributed by atoms with E-state index in [0.717, 1.165) is 24.5 Å². The van der Waals surface area contributed by atoms with E-state index in [9.17, 15) is 0 Å². The number of hydrogen-bond donors (Lipinski definition) is 0. The van der Waals surface area contributed by atoms with Gasteiger partial charge in [-0.05, 0) is 69.6 Å². The van der Waals surface area contributed by atoms with Crippen molar-refractivity contribution in [2.75, 3.05) is 13.7 Å². The van der Waals surface area contributed by atoms with Crippen molar-refractivity contribution in [3.8, 4) is 0 Å². The number of aliphatic imine (C=N–C) groups is 1. The van der Waals surface area contributed by atoms with Crippen molar-refractivity contribution in [3.63, 3.8) is 0 Å². The number of aryl methyl sites for hydroxylation is 3. The molecule has 2 nitrogen and oxygen atoms in total. The van der Waals surface area contributed by atoms with Crippen LogP contribution in [0.1, 0.15) is 57.2 Å². The Bertz CT molecular complexity index is 623. The van der Waals surface area contributed by atoms with Crippen LogP contribution in [-0.4, -0.2) is 19.4 Å². The van der Waals surface area contributed by atoms with Crippen molar-refractivity contribution < 1.29 is 4.74 Å². The average molecular weight is 342 g/mol. The fourth-order valence-corrected chi connectivity index (χ4v) is 2.83. The molecule has 0 saturated carbocycles. The predicted octanol–water partition coefficient (Wildman–Crippen LogP) is 6.08. The van der Waals surface area contributed by atoms with Crippen LogP contribution < -0.4 is 0 Å². The number of hydrogen-bond acceptors (Lipinski definition) is 2. The first-order chi connectivity index (χ1) is 11.9. The van der Waals surface area contributed by atoms with E-state index in [0.29, 0.717) is 12.4 Å². The smallest absolute Gasteiger partial charge is 0.137 e. The van der Waals surface area contributed by atoms with Gasteiger partial charge < -0.3 is 4.74 Å². The van der Waals surface area contributed by atoms with Gasteiger partial charge >= 0.3 is 0 Å². The highest BCUT2D eigenvalue weighted by Gasteiger charge is 2.07. The molecule has 0 aromatic heterocycles. The Morgan fingerprint density at radius 3 is 2.56 bits per heavy atom. The van der Waals surface area contributed by atoms with Crippen molar-refractivity contribution in [1.29, 1.82) is 0 Å². The van der Waals surface area contributed by atoms with Gasteiger partial charge in [-0.15, -0.1) is 0 Å². The first-order valence-electron chi connectivity index (χ1n) is 9.41. The summed E-state index contributed by atoms with van der Waals surface area (Å²) in [5.41, 5.74) is 6.45. The van der Waals surface area contributed by atoms with E-state index >= 15 is 0 Å². The molecule has 0 aliphatic heterocycles. The number of rotatable bonds is 10. The Kier molecular flexibility index (Phi) is 9.26. The number of allylic oxidation sites excluding steroid dienone is 2. The lowest BCUT2D eigenvalue weighted by atomic mass is 9.93. The largest absolute Gasteiger partial charge is 0.492 e. The summed E-state index contributed by atoms with van der Waals surface area (Å²) in [5, 5.41) is 0.